The largest absolute Gasteiger partial charge is 0.462 e. The number of hydrogen-bond acceptors (Lipinski definition) is 2. The first-order valence-electron chi connectivity index (χ1n) is 4.56. The summed E-state index contributed by atoms with van der Waals surface area (Å²) in [5.41, 5.74) is 0.624. The molecule has 0 spiro atoms. The molecule has 0 heterocycles. The van der Waals surface area contributed by atoms with Crippen LogP contribution in [0.1, 0.15) is 30.1 Å². The predicted octanol–water partition coefficient (Wildman–Crippen LogP) is 2.64. The fourth-order valence-corrected chi connectivity index (χ4v) is 0.967. The minimum Gasteiger partial charge on any atom is -0.462 e. The summed E-state index contributed by atoms with van der Waals surface area (Å²) in [6.07, 6.45) is 1.97. The molecule has 3 heteroatoms. The topological polar surface area (TPSA) is 26.3 Å². The van der Waals surface area contributed by atoms with Crippen molar-refractivity contribution in [2.75, 3.05) is 6.61 Å². The van der Waals surface area contributed by atoms with Crippen LogP contribution in [0.3, 0.4) is 0 Å². The van der Waals surface area contributed by atoms with Crippen LogP contribution in [0, 0.1) is 0 Å². The van der Waals surface area contributed by atoms with Crippen molar-refractivity contribution < 1.29 is 26.6 Å². The van der Waals surface area contributed by atoms with Crippen LogP contribution in [-0.2, 0) is 21.8 Å². The number of hydrogen-bond donors (Lipinski definition) is 0. The van der Waals surface area contributed by atoms with Crippen LogP contribution in [0.15, 0.2) is 30.3 Å². The molecule has 0 saturated carbocycles. The van der Waals surface area contributed by atoms with Crippen molar-refractivity contribution in [2.24, 2.45) is 0 Å². The minimum atomic E-state index is -0.228. The molecule has 14 heavy (non-hydrogen) atoms. The molecule has 0 saturated heterocycles. The quantitative estimate of drug-likeness (QED) is 0.454. The van der Waals surface area contributed by atoms with Crippen LogP contribution in [0.25, 0.3) is 0 Å². The maximum Gasteiger partial charge on any atom is 0.338 e. The van der Waals surface area contributed by atoms with E-state index in [1.807, 2.05) is 18.2 Å². The molecule has 1 aromatic rings. The van der Waals surface area contributed by atoms with Gasteiger partial charge in [-0.15, -0.1) is 0 Å². The van der Waals surface area contributed by atoms with Gasteiger partial charge in [-0.05, 0) is 18.6 Å². The van der Waals surface area contributed by atoms with Gasteiger partial charge in [0.1, 0.15) is 0 Å². The second-order valence-corrected chi connectivity index (χ2v) is 2.86. The fourth-order valence-electron chi connectivity index (χ4n) is 0.967. The molecule has 78 valence electrons. The van der Waals surface area contributed by atoms with E-state index < -0.39 is 0 Å². The number of carbonyl (C=O) groups is 1. The average molecular weight is 234 g/mol. The van der Waals surface area contributed by atoms with Crippen LogP contribution in [0.4, 0.5) is 0 Å². The van der Waals surface area contributed by atoms with Crippen molar-refractivity contribution in [2.45, 2.75) is 19.8 Å². The molecular formula is C11H14FeO2. The Balaban J connectivity index is 0.00000169. The van der Waals surface area contributed by atoms with Gasteiger partial charge in [0, 0.05) is 17.1 Å². The molecule has 1 aromatic carbocycles. The maximum absolute atomic E-state index is 11.3. The molecule has 0 aliphatic rings. The Labute approximate surface area is 95.1 Å². The van der Waals surface area contributed by atoms with Gasteiger partial charge in [0.2, 0.25) is 0 Å². The molecule has 0 fully saturated rings. The first-order valence-corrected chi connectivity index (χ1v) is 4.56. The van der Waals surface area contributed by atoms with E-state index in [4.69, 9.17) is 4.74 Å². The van der Waals surface area contributed by atoms with Gasteiger partial charge in [-0.1, -0.05) is 31.5 Å². The summed E-state index contributed by atoms with van der Waals surface area (Å²) in [5.74, 6) is -0.228. The Morgan fingerprint density at radius 3 is 2.50 bits per heavy atom. The van der Waals surface area contributed by atoms with Gasteiger partial charge >= 0.3 is 5.97 Å². The van der Waals surface area contributed by atoms with Gasteiger partial charge in [0.15, 0.2) is 0 Å². The molecule has 0 radical (unpaired) electrons. The first kappa shape index (κ1) is 13.2. The van der Waals surface area contributed by atoms with E-state index in [1.165, 1.54) is 0 Å². The minimum absolute atomic E-state index is 0. The zero-order chi connectivity index (χ0) is 9.52. The van der Waals surface area contributed by atoms with E-state index in [0.29, 0.717) is 12.2 Å². The zero-order valence-corrected chi connectivity index (χ0v) is 9.28. The molecule has 0 aliphatic heterocycles. The molecule has 0 unspecified atom stereocenters. The molecule has 0 atom stereocenters. The van der Waals surface area contributed by atoms with Crippen molar-refractivity contribution in [3.63, 3.8) is 0 Å². The van der Waals surface area contributed by atoms with Crippen molar-refractivity contribution >= 4 is 5.97 Å². The molecule has 2 nitrogen and oxygen atoms in total. The normalized spacial score (nSPS) is 8.93. The van der Waals surface area contributed by atoms with Gasteiger partial charge in [0.05, 0.1) is 12.2 Å². The number of unbranched alkanes of at least 4 members (excludes halogenated alkanes) is 1. The summed E-state index contributed by atoms with van der Waals surface area (Å²) in [6, 6.07) is 9.05. The smallest absolute Gasteiger partial charge is 0.338 e. The van der Waals surface area contributed by atoms with Crippen LogP contribution >= 0.6 is 0 Å². The molecule has 0 bridgehead atoms. The van der Waals surface area contributed by atoms with Crippen LogP contribution in [-0.4, -0.2) is 12.6 Å². The summed E-state index contributed by atoms with van der Waals surface area (Å²) in [7, 11) is 0. The zero-order valence-electron chi connectivity index (χ0n) is 8.18. The van der Waals surface area contributed by atoms with Crippen molar-refractivity contribution in [3.05, 3.63) is 35.9 Å². The van der Waals surface area contributed by atoms with Crippen LogP contribution < -0.4 is 0 Å². The molecule has 0 aromatic heterocycles. The monoisotopic (exact) mass is 234 g/mol. The van der Waals surface area contributed by atoms with Crippen molar-refractivity contribution in [3.8, 4) is 0 Å². The Bertz CT molecular complexity index is 259. The third-order valence-electron chi connectivity index (χ3n) is 1.74. The fraction of sp³-hybridized carbons (Fsp3) is 0.364. The van der Waals surface area contributed by atoms with Gasteiger partial charge < -0.3 is 4.74 Å². The average Bonchev–Trinajstić information content (AvgIpc) is 2.19. The van der Waals surface area contributed by atoms with Gasteiger partial charge in [-0.3, -0.25) is 0 Å². The van der Waals surface area contributed by atoms with Crippen molar-refractivity contribution in [1.82, 2.24) is 0 Å². The van der Waals surface area contributed by atoms with Crippen molar-refractivity contribution in [1.29, 1.82) is 0 Å². The summed E-state index contributed by atoms with van der Waals surface area (Å²) in [4.78, 5) is 11.3. The van der Waals surface area contributed by atoms with E-state index in [-0.39, 0.29) is 23.0 Å². The Kier molecular flexibility index (Phi) is 7.17. The van der Waals surface area contributed by atoms with Gasteiger partial charge in [-0.2, -0.15) is 0 Å². The van der Waals surface area contributed by atoms with E-state index in [1.54, 1.807) is 12.1 Å². The number of carbonyl (C=O) groups excluding carboxylic acids is 1. The predicted molar refractivity (Wildman–Crippen MR) is 51.6 cm³/mol. The third-order valence-corrected chi connectivity index (χ3v) is 1.74. The molecular weight excluding hydrogens is 220 g/mol. The maximum atomic E-state index is 11.3. The Hall–Kier alpha value is -0.791. The molecule has 1 rings (SSSR count). The number of esters is 1. The number of ether oxygens (including phenoxy) is 1. The number of rotatable bonds is 4. The summed E-state index contributed by atoms with van der Waals surface area (Å²) < 4.78 is 5.03. The third kappa shape index (κ3) is 4.45. The summed E-state index contributed by atoms with van der Waals surface area (Å²) in [6.45, 7) is 2.58. The Morgan fingerprint density at radius 2 is 1.93 bits per heavy atom. The molecule has 0 N–H and O–H groups in total. The first-order chi connectivity index (χ1) is 6.34. The van der Waals surface area contributed by atoms with Crippen LogP contribution in [0.5, 0.6) is 0 Å². The molecule has 0 amide bonds. The van der Waals surface area contributed by atoms with E-state index in [0.717, 1.165) is 12.8 Å². The van der Waals surface area contributed by atoms with E-state index in [2.05, 4.69) is 6.92 Å². The Morgan fingerprint density at radius 1 is 1.29 bits per heavy atom. The van der Waals surface area contributed by atoms with Gasteiger partial charge in [0.25, 0.3) is 0 Å². The van der Waals surface area contributed by atoms with Gasteiger partial charge in [-0.25, -0.2) is 4.79 Å². The van der Waals surface area contributed by atoms with Crippen LogP contribution in [0.2, 0.25) is 0 Å². The summed E-state index contributed by atoms with van der Waals surface area (Å²) in [5, 5.41) is 0. The standard InChI is InChI=1S/C11H14O2.Fe/c1-2-3-9-13-11(12)10-7-5-4-6-8-10;/h4-8H,2-3,9H2,1H3;. The SMILES string of the molecule is CCCCOC(=O)c1ccccc1.[Fe]. The summed E-state index contributed by atoms with van der Waals surface area (Å²) >= 11 is 0. The molecule has 0 aliphatic carbocycles. The number of benzene rings is 1. The second kappa shape index (κ2) is 7.60. The van der Waals surface area contributed by atoms with E-state index >= 15 is 0 Å². The second-order valence-electron chi connectivity index (χ2n) is 2.86. The van der Waals surface area contributed by atoms with E-state index in [9.17, 15) is 4.79 Å².